The molecule has 8 nitrogen and oxygen atoms in total. The van der Waals surface area contributed by atoms with Crippen LogP contribution in [0.4, 0.5) is 5.69 Å². The molecule has 0 fully saturated rings. The molecule has 4 rings (SSSR count). The highest BCUT2D eigenvalue weighted by Gasteiger charge is 2.15. The Morgan fingerprint density at radius 2 is 1.90 bits per heavy atom. The van der Waals surface area contributed by atoms with Crippen LogP contribution >= 0.6 is 0 Å². The Labute approximate surface area is 172 Å². The van der Waals surface area contributed by atoms with Crippen LogP contribution in [0.1, 0.15) is 25.2 Å². The van der Waals surface area contributed by atoms with Crippen molar-refractivity contribution in [3.8, 4) is 17.1 Å². The number of aromatic nitrogens is 4. The highest BCUT2D eigenvalue weighted by molar-refractivity contribution is 6.03. The molecule has 2 N–H and O–H groups in total. The van der Waals surface area contributed by atoms with Gasteiger partial charge in [-0.2, -0.15) is 5.10 Å². The Kier molecular flexibility index (Phi) is 4.97. The lowest BCUT2D eigenvalue weighted by Crippen LogP contribution is -2.07. The molecule has 8 heteroatoms. The molecule has 0 atom stereocenters. The van der Waals surface area contributed by atoms with Crippen molar-refractivity contribution in [3.63, 3.8) is 0 Å². The molecule has 150 valence electrons. The van der Waals surface area contributed by atoms with E-state index in [4.69, 9.17) is 5.21 Å². The van der Waals surface area contributed by atoms with Gasteiger partial charge in [-0.3, -0.25) is 4.79 Å². The minimum atomic E-state index is -0.181. The number of amides is 1. The molecule has 30 heavy (non-hydrogen) atoms. The molecule has 0 unspecified atom stereocenters. The Bertz CT molecular complexity index is 1290. The highest BCUT2D eigenvalue weighted by Crippen LogP contribution is 2.31. The monoisotopic (exact) mass is 400 g/mol. The van der Waals surface area contributed by atoms with Crippen LogP contribution in [-0.2, 0) is 4.79 Å². The fraction of sp³-hybridized carbons (Fsp3) is 0.136. The summed E-state index contributed by atoms with van der Waals surface area (Å²) in [7, 11) is 0. The zero-order valence-corrected chi connectivity index (χ0v) is 16.8. The Morgan fingerprint density at radius 3 is 2.63 bits per heavy atom. The number of hydrogen-bond acceptors (Lipinski definition) is 6. The van der Waals surface area contributed by atoms with Crippen molar-refractivity contribution < 1.29 is 10.0 Å². The van der Waals surface area contributed by atoms with Gasteiger partial charge in [0, 0.05) is 23.6 Å². The molecule has 0 spiro atoms. The van der Waals surface area contributed by atoms with Gasteiger partial charge in [0.25, 0.3) is 0 Å². The Hall–Kier alpha value is -4.07. The van der Waals surface area contributed by atoms with Crippen LogP contribution in [0.25, 0.3) is 28.0 Å². The van der Waals surface area contributed by atoms with Gasteiger partial charge in [-0.05, 0) is 50.2 Å². The first-order chi connectivity index (χ1) is 14.5. The Balaban J connectivity index is 1.95. The summed E-state index contributed by atoms with van der Waals surface area (Å²) in [4.78, 5) is 21.0. The van der Waals surface area contributed by atoms with Gasteiger partial charge in [0.1, 0.15) is 5.71 Å². The van der Waals surface area contributed by atoms with Gasteiger partial charge in [-0.1, -0.05) is 17.3 Å². The number of benzene rings is 1. The van der Waals surface area contributed by atoms with Crippen molar-refractivity contribution in [3.05, 3.63) is 66.1 Å². The third kappa shape index (κ3) is 3.62. The van der Waals surface area contributed by atoms with Gasteiger partial charge >= 0.3 is 0 Å². The van der Waals surface area contributed by atoms with Gasteiger partial charge in [0.05, 0.1) is 28.8 Å². The summed E-state index contributed by atoms with van der Waals surface area (Å²) in [5, 5.41) is 20.5. The number of carbonyl (C=O) groups is 1. The molecule has 0 aliphatic rings. The maximum absolute atomic E-state index is 11.8. The lowest BCUT2D eigenvalue weighted by Gasteiger charge is -2.10. The van der Waals surface area contributed by atoms with Crippen molar-refractivity contribution in [2.24, 2.45) is 5.16 Å². The van der Waals surface area contributed by atoms with E-state index in [0.29, 0.717) is 28.6 Å². The second kappa shape index (κ2) is 7.75. The minimum Gasteiger partial charge on any atom is -0.411 e. The largest absolute Gasteiger partial charge is 0.411 e. The van der Waals surface area contributed by atoms with Crippen molar-refractivity contribution in [2.45, 2.75) is 20.8 Å². The SMILES string of the molecule is CC(=O)Nc1cc(-c2cccc(/C(C)=N\O)n2)cc2c1cnn2-c1cccc(C)n1. The van der Waals surface area contributed by atoms with Crippen LogP contribution in [0.5, 0.6) is 0 Å². The summed E-state index contributed by atoms with van der Waals surface area (Å²) in [5.74, 6) is 0.501. The molecule has 0 saturated heterocycles. The summed E-state index contributed by atoms with van der Waals surface area (Å²) in [6, 6.07) is 15.0. The normalized spacial score (nSPS) is 11.6. The van der Waals surface area contributed by atoms with E-state index < -0.39 is 0 Å². The second-order valence-electron chi connectivity index (χ2n) is 6.92. The van der Waals surface area contributed by atoms with Crippen LogP contribution in [-0.4, -0.2) is 36.6 Å². The van der Waals surface area contributed by atoms with E-state index in [1.807, 2.05) is 49.4 Å². The van der Waals surface area contributed by atoms with E-state index in [0.717, 1.165) is 22.2 Å². The fourth-order valence-corrected chi connectivity index (χ4v) is 3.24. The van der Waals surface area contributed by atoms with E-state index in [1.54, 1.807) is 23.9 Å². The van der Waals surface area contributed by atoms with Crippen LogP contribution in [0.2, 0.25) is 0 Å². The minimum absolute atomic E-state index is 0.181. The van der Waals surface area contributed by atoms with E-state index in [1.165, 1.54) is 6.92 Å². The molecule has 4 aromatic rings. The summed E-state index contributed by atoms with van der Waals surface area (Å²) >= 11 is 0. The predicted octanol–water partition coefficient (Wildman–Crippen LogP) is 3.95. The van der Waals surface area contributed by atoms with Crippen LogP contribution in [0.15, 0.2) is 59.9 Å². The summed E-state index contributed by atoms with van der Waals surface area (Å²) in [6.07, 6.45) is 1.71. The molecule has 0 radical (unpaired) electrons. The molecule has 1 aromatic carbocycles. The topological polar surface area (TPSA) is 105 Å². The number of carbonyl (C=O) groups excluding carboxylic acids is 1. The predicted molar refractivity (Wildman–Crippen MR) is 115 cm³/mol. The summed E-state index contributed by atoms with van der Waals surface area (Å²) in [6.45, 7) is 5.06. The maximum Gasteiger partial charge on any atom is 0.221 e. The van der Waals surface area contributed by atoms with Gasteiger partial charge in [-0.15, -0.1) is 0 Å². The maximum atomic E-state index is 11.8. The van der Waals surface area contributed by atoms with Crippen molar-refractivity contribution in [1.29, 1.82) is 0 Å². The average Bonchev–Trinajstić information content (AvgIpc) is 3.17. The quantitative estimate of drug-likeness (QED) is 0.307. The molecule has 3 aromatic heterocycles. The first-order valence-corrected chi connectivity index (χ1v) is 9.36. The number of hydrogen-bond donors (Lipinski definition) is 2. The standard InChI is InChI=1S/C22H20N6O2/c1-13-6-4-9-22(24-13)28-21-11-16(10-20(25-15(3)29)17(21)12-23-28)19-8-5-7-18(26-19)14(2)27-30/h4-12,30H,1-3H3,(H,25,29)/b27-14-. The number of oxime groups is 1. The lowest BCUT2D eigenvalue weighted by atomic mass is 10.1. The number of aryl methyl sites for hydroxylation is 1. The van der Waals surface area contributed by atoms with E-state index in [9.17, 15) is 4.79 Å². The third-order valence-electron chi connectivity index (χ3n) is 4.66. The zero-order chi connectivity index (χ0) is 21.3. The molecule has 0 aliphatic carbocycles. The highest BCUT2D eigenvalue weighted by atomic mass is 16.4. The summed E-state index contributed by atoms with van der Waals surface area (Å²) in [5.41, 5.74) is 4.73. The molecule has 0 aliphatic heterocycles. The molecule has 0 bridgehead atoms. The lowest BCUT2D eigenvalue weighted by molar-refractivity contribution is -0.114. The first kappa shape index (κ1) is 19.3. The molecule has 0 saturated carbocycles. The van der Waals surface area contributed by atoms with Crippen LogP contribution < -0.4 is 5.32 Å². The van der Waals surface area contributed by atoms with E-state index in [-0.39, 0.29) is 5.91 Å². The van der Waals surface area contributed by atoms with Crippen molar-refractivity contribution in [2.75, 3.05) is 5.32 Å². The zero-order valence-electron chi connectivity index (χ0n) is 16.8. The van der Waals surface area contributed by atoms with Gasteiger partial charge in [-0.25, -0.2) is 14.6 Å². The van der Waals surface area contributed by atoms with Gasteiger partial charge < -0.3 is 10.5 Å². The number of nitrogens with one attached hydrogen (secondary N) is 1. The number of anilines is 1. The van der Waals surface area contributed by atoms with Crippen LogP contribution in [0, 0.1) is 6.92 Å². The van der Waals surface area contributed by atoms with Crippen LogP contribution in [0.3, 0.4) is 0 Å². The number of nitrogens with zero attached hydrogens (tertiary/aromatic N) is 5. The molecular formula is C22H20N6O2. The fourth-order valence-electron chi connectivity index (χ4n) is 3.24. The van der Waals surface area contributed by atoms with Gasteiger partial charge in [0.2, 0.25) is 5.91 Å². The third-order valence-corrected chi connectivity index (χ3v) is 4.66. The number of rotatable bonds is 4. The Morgan fingerprint density at radius 1 is 1.10 bits per heavy atom. The van der Waals surface area contributed by atoms with E-state index >= 15 is 0 Å². The number of pyridine rings is 2. The van der Waals surface area contributed by atoms with Gasteiger partial charge in [0.15, 0.2) is 5.82 Å². The van der Waals surface area contributed by atoms with Crippen molar-refractivity contribution >= 4 is 28.2 Å². The van der Waals surface area contributed by atoms with Crippen molar-refractivity contribution in [1.82, 2.24) is 19.7 Å². The molecule has 3 heterocycles. The van der Waals surface area contributed by atoms with E-state index in [2.05, 4.69) is 25.5 Å². The smallest absolute Gasteiger partial charge is 0.221 e. The second-order valence-corrected chi connectivity index (χ2v) is 6.92. The summed E-state index contributed by atoms with van der Waals surface area (Å²) < 4.78 is 1.74. The number of fused-ring (bicyclic) bond motifs is 1. The first-order valence-electron chi connectivity index (χ1n) is 9.36. The molecule has 1 amide bonds. The molecular weight excluding hydrogens is 380 g/mol. The average molecular weight is 400 g/mol.